The molecule has 1 aliphatic heterocycles. The second-order valence-corrected chi connectivity index (χ2v) is 18.8. The van der Waals surface area contributed by atoms with Gasteiger partial charge in [-0.3, -0.25) is 4.79 Å². The van der Waals surface area contributed by atoms with E-state index in [1.807, 2.05) is 20.8 Å². The van der Waals surface area contributed by atoms with E-state index < -0.39 is 75.2 Å². The Bertz CT molecular complexity index is 1620. The molecule has 10 nitrogen and oxygen atoms in total. The van der Waals surface area contributed by atoms with Crippen LogP contribution >= 0.6 is 0 Å². The Labute approximate surface area is 300 Å². The van der Waals surface area contributed by atoms with Gasteiger partial charge in [-0.1, -0.05) is 59.4 Å². The van der Waals surface area contributed by atoms with E-state index >= 15 is 0 Å². The van der Waals surface area contributed by atoms with Crippen LogP contribution in [0.15, 0.2) is 29.8 Å². The zero-order valence-corrected chi connectivity index (χ0v) is 30.5. The van der Waals surface area contributed by atoms with Gasteiger partial charge in [0.1, 0.15) is 11.2 Å². The number of hydrogen-bond acceptors (Lipinski definition) is 10. The Balaban J connectivity index is 1.29. The predicted molar refractivity (Wildman–Crippen MR) is 186 cm³/mol. The number of ether oxygens (including phenoxy) is 1. The van der Waals surface area contributed by atoms with Gasteiger partial charge in [-0.2, -0.15) is 0 Å². The van der Waals surface area contributed by atoms with Crippen molar-refractivity contribution in [2.24, 2.45) is 45.8 Å². The van der Waals surface area contributed by atoms with Gasteiger partial charge in [0.2, 0.25) is 0 Å². The molecule has 10 heteroatoms. The highest BCUT2D eigenvalue weighted by molar-refractivity contribution is 5.96. The molecule has 0 aromatic heterocycles. The molecule has 6 fully saturated rings. The molecule has 5 saturated carbocycles. The van der Waals surface area contributed by atoms with Gasteiger partial charge in [0, 0.05) is 42.6 Å². The lowest BCUT2D eigenvalue weighted by atomic mass is 9.37. The first-order valence-electron chi connectivity index (χ1n) is 19.5. The van der Waals surface area contributed by atoms with Gasteiger partial charge in [-0.15, -0.1) is 0 Å². The summed E-state index contributed by atoms with van der Waals surface area (Å²) in [5.74, 6) is -3.46. The zero-order valence-electron chi connectivity index (χ0n) is 30.5. The molecule has 1 saturated heterocycles. The number of aliphatic hydroxyl groups excluding tert-OH is 4. The highest BCUT2D eigenvalue weighted by atomic mass is 16.6. The number of phenolic OH excluding ortho intramolecular Hbond substituents is 2. The van der Waals surface area contributed by atoms with Crippen LogP contribution < -0.4 is 0 Å². The second-order valence-electron chi connectivity index (χ2n) is 18.8. The lowest BCUT2D eigenvalue weighted by molar-refractivity contribution is -0.241. The average molecular weight is 711 g/mol. The fourth-order valence-electron chi connectivity index (χ4n) is 14.5. The molecule has 0 amide bonds. The predicted octanol–water partition coefficient (Wildman–Crippen LogP) is 3.84. The van der Waals surface area contributed by atoms with E-state index in [0.29, 0.717) is 24.0 Å². The van der Waals surface area contributed by atoms with Crippen molar-refractivity contribution >= 4 is 5.78 Å². The number of ketones is 1. The molecule has 2 spiro atoms. The Kier molecular flexibility index (Phi) is 8.09. The first-order chi connectivity index (χ1) is 23.9. The summed E-state index contributed by atoms with van der Waals surface area (Å²) >= 11 is 0. The van der Waals surface area contributed by atoms with Crippen molar-refractivity contribution in [2.75, 3.05) is 6.61 Å². The first kappa shape index (κ1) is 36.0. The van der Waals surface area contributed by atoms with E-state index in [2.05, 4.69) is 6.92 Å². The number of carbonyl (C=O) groups is 1. The number of aromatic hydroxyl groups is 2. The van der Waals surface area contributed by atoms with Gasteiger partial charge in [0.25, 0.3) is 0 Å². The molecule has 8 N–H and O–H groups in total. The third-order valence-corrected chi connectivity index (χ3v) is 16.5. The number of hydrogen-bond donors (Lipinski definition) is 8. The zero-order chi connectivity index (χ0) is 36.7. The Morgan fingerprint density at radius 2 is 1.65 bits per heavy atom. The van der Waals surface area contributed by atoms with Crippen molar-refractivity contribution in [1.82, 2.24) is 0 Å². The minimum absolute atomic E-state index is 0.00255. The Hall–Kier alpha value is -2.05. The summed E-state index contributed by atoms with van der Waals surface area (Å²) in [5, 5.41) is 92.8. The third-order valence-electron chi connectivity index (χ3n) is 16.5. The SMILES string of the molecule is CC1CCCC2(OC3CC4(O)C5=CC(=O)C6C(c7ccc(O)c(O)c7)C(O)C(O)CC6(C)C5C5(CCCC5)CC4(C)C3C2(O)CCO)C(O)C1C. The van der Waals surface area contributed by atoms with Crippen molar-refractivity contribution < 1.29 is 50.4 Å². The molecule has 0 radical (unpaired) electrons. The molecule has 1 aromatic carbocycles. The number of carbonyl (C=O) groups excluding carboxylic acids is 1. The van der Waals surface area contributed by atoms with Crippen molar-refractivity contribution in [2.45, 2.75) is 145 Å². The lowest BCUT2D eigenvalue weighted by Gasteiger charge is -2.67. The van der Waals surface area contributed by atoms with Crippen LogP contribution in [0.3, 0.4) is 0 Å². The van der Waals surface area contributed by atoms with Gasteiger partial charge >= 0.3 is 0 Å². The van der Waals surface area contributed by atoms with Gasteiger partial charge in [-0.05, 0) is 90.0 Å². The molecule has 6 aliphatic carbocycles. The minimum Gasteiger partial charge on any atom is -0.504 e. The smallest absolute Gasteiger partial charge is 0.160 e. The molecule has 1 heterocycles. The Morgan fingerprint density at radius 1 is 0.941 bits per heavy atom. The highest BCUT2D eigenvalue weighted by Gasteiger charge is 2.82. The van der Waals surface area contributed by atoms with Crippen LogP contribution in [0.1, 0.15) is 110 Å². The number of benzene rings is 1. The topological polar surface area (TPSA) is 188 Å². The molecule has 7 aliphatic rings. The average Bonchev–Trinajstić information content (AvgIpc) is 3.66. The minimum atomic E-state index is -1.64. The summed E-state index contributed by atoms with van der Waals surface area (Å²) in [6.07, 6.45) is 4.03. The number of phenols is 2. The van der Waals surface area contributed by atoms with Crippen LogP contribution in [0, 0.1) is 45.8 Å². The molecular weight excluding hydrogens is 652 g/mol. The van der Waals surface area contributed by atoms with Crippen LogP contribution in [0.5, 0.6) is 11.5 Å². The van der Waals surface area contributed by atoms with Crippen LogP contribution in [-0.2, 0) is 9.53 Å². The summed E-state index contributed by atoms with van der Waals surface area (Å²) in [5.41, 5.74) is -5.69. The monoisotopic (exact) mass is 710 g/mol. The summed E-state index contributed by atoms with van der Waals surface area (Å²) in [6, 6.07) is 4.28. The molecule has 51 heavy (non-hydrogen) atoms. The van der Waals surface area contributed by atoms with Crippen molar-refractivity contribution in [3.8, 4) is 11.5 Å². The van der Waals surface area contributed by atoms with Crippen LogP contribution in [-0.4, -0.2) is 94.5 Å². The van der Waals surface area contributed by atoms with Crippen molar-refractivity contribution in [3.63, 3.8) is 0 Å². The maximum Gasteiger partial charge on any atom is 0.160 e. The van der Waals surface area contributed by atoms with E-state index in [1.54, 1.807) is 12.1 Å². The Morgan fingerprint density at radius 3 is 2.31 bits per heavy atom. The largest absolute Gasteiger partial charge is 0.504 e. The summed E-state index contributed by atoms with van der Waals surface area (Å²) in [7, 11) is 0. The second kappa shape index (κ2) is 11.5. The summed E-state index contributed by atoms with van der Waals surface area (Å²) in [6.45, 7) is 7.88. The standard InChI is InChI=1S/C41H58O10/c1-21-8-7-13-41(35(48)22(21)2)39(49,14-15-42)34-29(51-41)19-40(50)24-17-27(45)31-30(23-9-10-25(43)26(44)16-23)32(47)28(46)18-36(31,3)33(24)38(11-5-6-12-38)20-37(34,40)4/h9-10,16-17,21-22,28-35,42-44,46-50H,5-8,11-15,18-20H2,1-4H3. The van der Waals surface area contributed by atoms with Crippen LogP contribution in [0.25, 0.3) is 0 Å². The van der Waals surface area contributed by atoms with E-state index in [0.717, 1.165) is 38.5 Å². The van der Waals surface area contributed by atoms with Gasteiger partial charge in [0.05, 0.1) is 30.0 Å². The van der Waals surface area contributed by atoms with Gasteiger partial charge in [0.15, 0.2) is 17.3 Å². The van der Waals surface area contributed by atoms with Crippen molar-refractivity contribution in [1.29, 1.82) is 0 Å². The van der Waals surface area contributed by atoms with E-state index in [1.165, 1.54) is 12.1 Å². The molecule has 1 aromatic rings. The molecule has 15 unspecified atom stereocenters. The normalized spacial score (nSPS) is 51.5. The number of allylic oxidation sites excluding steroid dienone is 1. The number of rotatable bonds is 3. The molecule has 15 atom stereocenters. The molecule has 0 bridgehead atoms. The molecule has 8 rings (SSSR count). The fourth-order valence-corrected chi connectivity index (χ4v) is 14.5. The maximum absolute atomic E-state index is 14.7. The van der Waals surface area contributed by atoms with E-state index in [9.17, 15) is 45.6 Å². The van der Waals surface area contributed by atoms with E-state index in [-0.39, 0.29) is 60.9 Å². The lowest BCUT2D eigenvalue weighted by Crippen LogP contribution is -2.70. The maximum atomic E-state index is 14.7. The number of fused-ring (bicyclic) bond motifs is 8. The van der Waals surface area contributed by atoms with Gasteiger partial charge < -0.3 is 45.6 Å². The third kappa shape index (κ3) is 4.38. The highest BCUT2D eigenvalue weighted by Crippen LogP contribution is 2.78. The van der Waals surface area contributed by atoms with Gasteiger partial charge in [-0.25, -0.2) is 0 Å². The molecular formula is C41H58O10. The van der Waals surface area contributed by atoms with Crippen molar-refractivity contribution in [3.05, 3.63) is 35.4 Å². The fraction of sp³-hybridized carbons (Fsp3) is 0.780. The van der Waals surface area contributed by atoms with E-state index in [4.69, 9.17) is 4.74 Å². The summed E-state index contributed by atoms with van der Waals surface area (Å²) < 4.78 is 7.03. The van der Waals surface area contributed by atoms with Crippen LogP contribution in [0.4, 0.5) is 0 Å². The quantitative estimate of drug-likeness (QED) is 0.214. The first-order valence-corrected chi connectivity index (χ1v) is 19.5. The van der Waals surface area contributed by atoms with Crippen LogP contribution in [0.2, 0.25) is 0 Å². The summed E-state index contributed by atoms with van der Waals surface area (Å²) in [4.78, 5) is 14.7. The number of aliphatic hydroxyl groups is 6. The molecule has 282 valence electrons.